The van der Waals surface area contributed by atoms with Gasteiger partial charge in [-0.3, -0.25) is 19.3 Å². The maximum Gasteiger partial charge on any atom is 0.264 e. The van der Waals surface area contributed by atoms with Gasteiger partial charge < -0.3 is 35.2 Å². The molecule has 3 aliphatic rings. The number of likely N-dealkylation sites (tertiary alicyclic amines) is 1. The summed E-state index contributed by atoms with van der Waals surface area (Å²) in [6, 6.07) is 18.1. The first-order chi connectivity index (χ1) is 25.6. The highest BCUT2D eigenvalue weighted by Gasteiger charge is 2.52. The second kappa shape index (κ2) is 16.9. The number of fused-ring (bicyclic) bond motifs is 2. The van der Waals surface area contributed by atoms with E-state index in [-0.39, 0.29) is 44.0 Å². The van der Waals surface area contributed by atoms with Crippen LogP contribution in [-0.4, -0.2) is 82.9 Å². The molecule has 3 aliphatic heterocycles. The summed E-state index contributed by atoms with van der Waals surface area (Å²) in [6.07, 6.45) is 7.12. The number of halogens is 1. The monoisotopic (exact) mass is 788 g/mol. The third-order valence-corrected chi connectivity index (χ3v) is 11.1. The van der Waals surface area contributed by atoms with Gasteiger partial charge in [0.2, 0.25) is 11.8 Å². The number of aliphatic hydroxyl groups is 3. The smallest absolute Gasteiger partial charge is 0.264 e. The molecule has 1 saturated heterocycles. The molecule has 6 rings (SSSR count). The quantitative estimate of drug-likeness (QED) is 0.123. The van der Waals surface area contributed by atoms with E-state index in [9.17, 15) is 29.7 Å². The SMILES string of the molecule is CCOc1ccc2c(c1)CC(NCCCCO)C(=O)N2c1ccc(CN2C(=O)[C@@](O)([C@@H](C)/C=C/CC(=O)N3CCC[C@H]3CO)c3cc(Br)ccc32)cc1. The van der Waals surface area contributed by atoms with Crippen molar-refractivity contribution in [3.05, 3.63) is 94.0 Å². The van der Waals surface area contributed by atoms with Gasteiger partial charge in [-0.25, -0.2) is 0 Å². The van der Waals surface area contributed by atoms with Gasteiger partial charge in [-0.1, -0.05) is 47.1 Å². The zero-order chi connectivity index (χ0) is 37.7. The molecule has 0 aliphatic carbocycles. The van der Waals surface area contributed by atoms with E-state index >= 15 is 0 Å². The van der Waals surface area contributed by atoms with Crippen LogP contribution in [-0.2, 0) is 33.0 Å². The Morgan fingerprint density at radius 1 is 1.08 bits per heavy atom. The van der Waals surface area contributed by atoms with Gasteiger partial charge in [0.1, 0.15) is 5.75 Å². The number of nitrogens with zero attached hydrogens (tertiary/aromatic N) is 3. The molecule has 0 bridgehead atoms. The van der Waals surface area contributed by atoms with E-state index in [1.165, 1.54) is 0 Å². The highest BCUT2D eigenvalue weighted by Crippen LogP contribution is 2.47. The number of hydrogen-bond acceptors (Lipinski definition) is 8. The van der Waals surface area contributed by atoms with Crippen molar-refractivity contribution in [1.82, 2.24) is 10.2 Å². The Morgan fingerprint density at radius 3 is 2.58 bits per heavy atom. The minimum atomic E-state index is -1.86. The molecule has 4 atom stereocenters. The topological polar surface area (TPSA) is 143 Å². The zero-order valence-corrected chi connectivity index (χ0v) is 31.9. The molecule has 0 spiro atoms. The number of ether oxygens (including phenoxy) is 1. The second-order valence-corrected chi connectivity index (χ2v) is 14.9. The number of carbonyl (C=O) groups excluding carboxylic acids is 3. The third-order valence-electron chi connectivity index (χ3n) is 10.6. The minimum Gasteiger partial charge on any atom is -0.494 e. The lowest BCUT2D eigenvalue weighted by atomic mass is 9.83. The predicted molar refractivity (Wildman–Crippen MR) is 207 cm³/mol. The van der Waals surface area contributed by atoms with Crippen LogP contribution in [0.15, 0.2) is 77.3 Å². The number of hydrogen-bond donors (Lipinski definition) is 4. The van der Waals surface area contributed by atoms with Crippen molar-refractivity contribution in [1.29, 1.82) is 0 Å². The average molecular weight is 790 g/mol. The summed E-state index contributed by atoms with van der Waals surface area (Å²) in [6.45, 7) is 5.70. The molecule has 53 heavy (non-hydrogen) atoms. The summed E-state index contributed by atoms with van der Waals surface area (Å²) >= 11 is 3.51. The van der Waals surface area contributed by atoms with Gasteiger partial charge in [-0.15, -0.1) is 0 Å². The Bertz CT molecular complexity index is 1840. The van der Waals surface area contributed by atoms with Crippen molar-refractivity contribution in [2.45, 2.75) is 76.6 Å². The third kappa shape index (κ3) is 7.93. The molecule has 1 fully saturated rings. The molecule has 4 N–H and O–H groups in total. The normalized spacial score (nSPS) is 21.7. The number of carbonyl (C=O) groups is 3. The van der Waals surface area contributed by atoms with E-state index < -0.39 is 23.5 Å². The molecule has 3 amide bonds. The van der Waals surface area contributed by atoms with Crippen LogP contribution in [0.2, 0.25) is 0 Å². The van der Waals surface area contributed by atoms with Gasteiger partial charge in [0.25, 0.3) is 5.91 Å². The number of nitrogens with one attached hydrogen (secondary N) is 1. The van der Waals surface area contributed by atoms with Crippen LogP contribution in [0.3, 0.4) is 0 Å². The van der Waals surface area contributed by atoms with E-state index in [4.69, 9.17) is 4.74 Å². The maximum absolute atomic E-state index is 14.2. The van der Waals surface area contributed by atoms with Gasteiger partial charge in [0.05, 0.1) is 43.2 Å². The molecule has 0 aromatic heterocycles. The Morgan fingerprint density at radius 2 is 1.85 bits per heavy atom. The lowest BCUT2D eigenvalue weighted by Gasteiger charge is -2.35. The zero-order valence-electron chi connectivity index (χ0n) is 30.3. The summed E-state index contributed by atoms with van der Waals surface area (Å²) < 4.78 is 6.49. The summed E-state index contributed by atoms with van der Waals surface area (Å²) in [5, 5.41) is 34.4. The highest BCUT2D eigenvalue weighted by molar-refractivity contribution is 9.10. The molecule has 1 unspecified atom stereocenters. The molecular formula is C41H49BrN4O7. The number of anilines is 3. The number of aliphatic hydroxyl groups excluding tert-OH is 2. The van der Waals surface area contributed by atoms with Crippen LogP contribution in [0, 0.1) is 5.92 Å². The van der Waals surface area contributed by atoms with E-state index in [1.807, 2.05) is 61.5 Å². The van der Waals surface area contributed by atoms with Crippen LogP contribution >= 0.6 is 15.9 Å². The molecule has 0 radical (unpaired) electrons. The first-order valence-electron chi connectivity index (χ1n) is 18.5. The average Bonchev–Trinajstić information content (AvgIpc) is 3.72. The van der Waals surface area contributed by atoms with Crippen molar-refractivity contribution in [3.63, 3.8) is 0 Å². The molecule has 3 aromatic rings. The standard InChI is InChI=1S/C41H49BrN4O7/c1-3-53-33-16-18-36-29(22-33)23-35(43-19-4-5-21-47)39(50)46(36)31-14-11-28(12-15-31)25-45-37-17-13-30(42)24-34(37)41(52,40(45)51)27(2)8-6-10-38(49)44-20-7-9-32(44)26-48/h6,8,11-18,22,24,27,32,35,43,47-48,52H,3-5,7,9-10,19-21,23,25-26H2,1-2H3/b8-6+/t27-,32-,35?,41+/m0/s1. The minimum absolute atomic E-state index is 0.0604. The molecule has 0 saturated carbocycles. The van der Waals surface area contributed by atoms with Crippen LogP contribution in [0.25, 0.3) is 0 Å². The van der Waals surface area contributed by atoms with E-state index in [0.29, 0.717) is 49.5 Å². The van der Waals surface area contributed by atoms with Crippen molar-refractivity contribution in [2.75, 3.05) is 42.7 Å². The van der Waals surface area contributed by atoms with Crippen LogP contribution in [0.1, 0.15) is 62.6 Å². The Hall–Kier alpha value is -4.07. The largest absolute Gasteiger partial charge is 0.494 e. The van der Waals surface area contributed by atoms with Crippen molar-refractivity contribution in [3.8, 4) is 5.75 Å². The number of benzene rings is 3. The molecular weight excluding hydrogens is 740 g/mol. The summed E-state index contributed by atoms with van der Waals surface area (Å²) in [5.41, 5.74) is 2.50. The van der Waals surface area contributed by atoms with Crippen molar-refractivity contribution < 1.29 is 34.4 Å². The second-order valence-electron chi connectivity index (χ2n) is 14.0. The molecule has 3 heterocycles. The Kier molecular flexibility index (Phi) is 12.4. The number of amides is 3. The van der Waals surface area contributed by atoms with E-state index in [0.717, 1.165) is 46.3 Å². The Labute approximate surface area is 319 Å². The van der Waals surface area contributed by atoms with Crippen LogP contribution in [0.5, 0.6) is 5.75 Å². The van der Waals surface area contributed by atoms with Crippen molar-refractivity contribution in [2.24, 2.45) is 5.92 Å². The molecule has 11 nitrogen and oxygen atoms in total. The van der Waals surface area contributed by atoms with E-state index in [2.05, 4.69) is 21.2 Å². The summed E-state index contributed by atoms with van der Waals surface area (Å²) in [5.74, 6) is -0.519. The van der Waals surface area contributed by atoms with Gasteiger partial charge >= 0.3 is 0 Å². The Balaban J connectivity index is 1.21. The fraction of sp³-hybridized carbons (Fsp3) is 0.439. The predicted octanol–water partition coefficient (Wildman–Crippen LogP) is 5.10. The summed E-state index contributed by atoms with van der Waals surface area (Å²) in [4.78, 5) is 46.0. The lowest BCUT2D eigenvalue weighted by Crippen LogP contribution is -2.49. The highest BCUT2D eigenvalue weighted by atomic mass is 79.9. The molecule has 282 valence electrons. The molecule has 12 heteroatoms. The maximum atomic E-state index is 14.2. The van der Waals surface area contributed by atoms with Gasteiger partial charge in [0.15, 0.2) is 5.60 Å². The van der Waals surface area contributed by atoms with Gasteiger partial charge in [-0.05, 0) is 105 Å². The van der Waals surface area contributed by atoms with Gasteiger partial charge in [-0.2, -0.15) is 0 Å². The van der Waals surface area contributed by atoms with Gasteiger partial charge in [0, 0.05) is 41.2 Å². The van der Waals surface area contributed by atoms with E-state index in [1.54, 1.807) is 39.8 Å². The van der Waals surface area contributed by atoms with Crippen LogP contribution in [0.4, 0.5) is 17.1 Å². The number of unbranched alkanes of at least 4 members (excludes halogenated alkanes) is 1. The lowest BCUT2D eigenvalue weighted by molar-refractivity contribution is -0.139. The summed E-state index contributed by atoms with van der Waals surface area (Å²) in [7, 11) is 0. The first kappa shape index (κ1) is 38.6. The first-order valence-corrected chi connectivity index (χ1v) is 19.3. The fourth-order valence-corrected chi connectivity index (χ4v) is 8.07. The number of rotatable bonds is 15. The van der Waals surface area contributed by atoms with Crippen LogP contribution < -0.4 is 19.9 Å². The molecule has 3 aromatic carbocycles. The van der Waals surface area contributed by atoms with Crippen molar-refractivity contribution >= 4 is 50.7 Å². The fourth-order valence-electron chi connectivity index (χ4n) is 7.71.